The van der Waals surface area contributed by atoms with Gasteiger partial charge in [0.1, 0.15) is 16.4 Å². The Morgan fingerprint density at radius 2 is 1.67 bits per heavy atom. The first-order valence-electron chi connectivity index (χ1n) is 8.86. The topological polar surface area (TPSA) is 73.9 Å². The molecule has 7 heteroatoms. The fourth-order valence-corrected chi connectivity index (χ4v) is 4.72. The number of ether oxygens (including phenoxy) is 3. The highest BCUT2D eigenvalue weighted by Gasteiger charge is 2.36. The number of nitrogens with one attached hydrogen (secondary N) is 1. The Labute approximate surface area is 160 Å². The molecule has 1 aliphatic heterocycles. The average molecular weight is 391 g/mol. The first-order chi connectivity index (χ1) is 13.0. The zero-order valence-corrected chi connectivity index (χ0v) is 16.4. The van der Waals surface area contributed by atoms with Crippen LogP contribution in [0.15, 0.2) is 53.4 Å². The van der Waals surface area contributed by atoms with Crippen molar-refractivity contribution in [3.63, 3.8) is 0 Å². The molecule has 0 radical (unpaired) electrons. The summed E-state index contributed by atoms with van der Waals surface area (Å²) in [4.78, 5) is 0.143. The van der Waals surface area contributed by atoms with Crippen LogP contribution in [0.5, 0.6) is 11.5 Å². The number of hydrogen-bond donors (Lipinski definition) is 1. The molecular weight excluding hydrogens is 366 g/mol. The third-order valence-corrected chi connectivity index (χ3v) is 6.55. The van der Waals surface area contributed by atoms with Crippen LogP contribution in [0.25, 0.3) is 0 Å². The summed E-state index contributed by atoms with van der Waals surface area (Å²) in [7, 11) is -0.612. The molecule has 0 aromatic heterocycles. The SMILES string of the molecule is COc1ccc(C2(CNS(=O)(=O)c3ccccc3OC)CCOCC2)cc1. The molecule has 1 aliphatic rings. The zero-order valence-electron chi connectivity index (χ0n) is 15.6. The third-order valence-electron chi connectivity index (χ3n) is 5.11. The molecule has 2 aromatic carbocycles. The molecule has 6 nitrogen and oxygen atoms in total. The van der Waals surface area contributed by atoms with Crippen LogP contribution < -0.4 is 14.2 Å². The second-order valence-electron chi connectivity index (χ2n) is 6.60. The minimum Gasteiger partial charge on any atom is -0.497 e. The van der Waals surface area contributed by atoms with Crippen LogP contribution in [0.4, 0.5) is 0 Å². The molecule has 0 amide bonds. The van der Waals surface area contributed by atoms with Crippen LogP contribution in [-0.2, 0) is 20.2 Å². The van der Waals surface area contributed by atoms with Gasteiger partial charge in [0, 0.05) is 25.2 Å². The summed E-state index contributed by atoms with van der Waals surface area (Å²) in [5.74, 6) is 1.10. The lowest BCUT2D eigenvalue weighted by molar-refractivity contribution is 0.0517. The maximum Gasteiger partial charge on any atom is 0.244 e. The number of rotatable bonds is 7. The van der Waals surface area contributed by atoms with Crippen molar-refractivity contribution in [2.75, 3.05) is 34.0 Å². The van der Waals surface area contributed by atoms with Gasteiger partial charge in [-0.05, 0) is 42.7 Å². The predicted molar refractivity (Wildman–Crippen MR) is 103 cm³/mol. The first-order valence-corrected chi connectivity index (χ1v) is 10.3. The van der Waals surface area contributed by atoms with Crippen LogP contribution in [0.3, 0.4) is 0 Å². The van der Waals surface area contributed by atoms with E-state index in [0.29, 0.717) is 25.5 Å². The first kappa shape index (κ1) is 19.7. The molecule has 27 heavy (non-hydrogen) atoms. The summed E-state index contributed by atoms with van der Waals surface area (Å²) < 4.78 is 44.5. The Morgan fingerprint density at radius 3 is 2.30 bits per heavy atom. The van der Waals surface area contributed by atoms with Gasteiger partial charge in [0.15, 0.2) is 0 Å². The van der Waals surface area contributed by atoms with Gasteiger partial charge in [-0.25, -0.2) is 13.1 Å². The normalized spacial score (nSPS) is 16.7. The van der Waals surface area contributed by atoms with Crippen molar-refractivity contribution in [3.8, 4) is 11.5 Å². The molecule has 146 valence electrons. The van der Waals surface area contributed by atoms with Crippen molar-refractivity contribution in [2.45, 2.75) is 23.2 Å². The van der Waals surface area contributed by atoms with Crippen molar-refractivity contribution in [1.29, 1.82) is 0 Å². The molecule has 0 atom stereocenters. The smallest absolute Gasteiger partial charge is 0.244 e. The van der Waals surface area contributed by atoms with Gasteiger partial charge < -0.3 is 14.2 Å². The molecule has 1 heterocycles. The fourth-order valence-electron chi connectivity index (χ4n) is 3.43. The quantitative estimate of drug-likeness (QED) is 0.786. The molecule has 0 bridgehead atoms. The highest BCUT2D eigenvalue weighted by atomic mass is 32.2. The van der Waals surface area contributed by atoms with Crippen molar-refractivity contribution in [3.05, 3.63) is 54.1 Å². The Morgan fingerprint density at radius 1 is 1.00 bits per heavy atom. The van der Waals surface area contributed by atoms with E-state index >= 15 is 0 Å². The van der Waals surface area contributed by atoms with Gasteiger partial charge in [-0.1, -0.05) is 24.3 Å². The molecule has 0 aliphatic carbocycles. The standard InChI is InChI=1S/C20H25NO5S/c1-24-17-9-7-16(8-10-17)20(11-13-26-14-12-20)15-21-27(22,23)19-6-4-3-5-18(19)25-2/h3-10,21H,11-15H2,1-2H3. The molecule has 1 fully saturated rings. The van der Waals surface area contributed by atoms with E-state index < -0.39 is 10.0 Å². The summed E-state index contributed by atoms with van der Waals surface area (Å²) >= 11 is 0. The molecule has 0 unspecified atom stereocenters. The molecule has 0 saturated carbocycles. The van der Waals surface area contributed by atoms with Crippen LogP contribution in [0.2, 0.25) is 0 Å². The Hall–Kier alpha value is -2.09. The van der Waals surface area contributed by atoms with Gasteiger partial charge in [-0.2, -0.15) is 0 Å². The lowest BCUT2D eigenvalue weighted by Crippen LogP contribution is -2.44. The number of hydrogen-bond acceptors (Lipinski definition) is 5. The summed E-state index contributed by atoms with van der Waals surface area (Å²) in [6, 6.07) is 14.4. The number of sulfonamides is 1. The monoisotopic (exact) mass is 391 g/mol. The Kier molecular flexibility index (Phi) is 6.04. The third kappa shape index (κ3) is 4.26. The summed E-state index contributed by atoms with van der Waals surface area (Å²) in [5.41, 5.74) is 0.758. The van der Waals surface area contributed by atoms with E-state index in [9.17, 15) is 8.42 Å². The van der Waals surface area contributed by atoms with Gasteiger partial charge in [0.25, 0.3) is 0 Å². The number of para-hydroxylation sites is 1. The summed E-state index contributed by atoms with van der Waals surface area (Å²) in [5, 5.41) is 0. The van der Waals surface area contributed by atoms with E-state index in [-0.39, 0.29) is 10.3 Å². The summed E-state index contributed by atoms with van der Waals surface area (Å²) in [6.07, 6.45) is 1.49. The molecule has 3 rings (SSSR count). The van der Waals surface area contributed by atoms with E-state index in [1.165, 1.54) is 7.11 Å². The molecule has 1 N–H and O–H groups in total. The van der Waals surface area contributed by atoms with E-state index in [0.717, 1.165) is 24.2 Å². The van der Waals surface area contributed by atoms with Crippen LogP contribution in [-0.4, -0.2) is 42.4 Å². The second-order valence-corrected chi connectivity index (χ2v) is 8.33. The number of benzene rings is 2. The zero-order chi connectivity index (χ0) is 19.3. The van der Waals surface area contributed by atoms with Crippen LogP contribution >= 0.6 is 0 Å². The lowest BCUT2D eigenvalue weighted by atomic mass is 9.74. The van der Waals surface area contributed by atoms with Crippen LogP contribution in [0.1, 0.15) is 18.4 Å². The van der Waals surface area contributed by atoms with E-state index in [1.807, 2.05) is 24.3 Å². The lowest BCUT2D eigenvalue weighted by Gasteiger charge is -2.38. The number of methoxy groups -OCH3 is 2. The maximum absolute atomic E-state index is 12.9. The van der Waals surface area contributed by atoms with Crippen molar-refractivity contribution in [2.24, 2.45) is 0 Å². The molecule has 1 saturated heterocycles. The van der Waals surface area contributed by atoms with Crippen molar-refractivity contribution >= 4 is 10.0 Å². The largest absolute Gasteiger partial charge is 0.497 e. The van der Waals surface area contributed by atoms with E-state index in [4.69, 9.17) is 14.2 Å². The predicted octanol–water partition coefficient (Wildman–Crippen LogP) is 2.73. The van der Waals surface area contributed by atoms with Gasteiger partial charge in [0.2, 0.25) is 10.0 Å². The van der Waals surface area contributed by atoms with Gasteiger partial charge in [-0.15, -0.1) is 0 Å². The Balaban J connectivity index is 1.86. The molecular formula is C20H25NO5S. The van der Waals surface area contributed by atoms with Crippen LogP contribution in [0, 0.1) is 0 Å². The minimum atomic E-state index is -3.70. The highest BCUT2D eigenvalue weighted by molar-refractivity contribution is 7.89. The summed E-state index contributed by atoms with van der Waals surface area (Å²) in [6.45, 7) is 1.49. The average Bonchev–Trinajstić information content (AvgIpc) is 2.73. The van der Waals surface area contributed by atoms with Crippen molar-refractivity contribution in [1.82, 2.24) is 4.72 Å². The Bertz CT molecular complexity index is 858. The molecule has 2 aromatic rings. The maximum atomic E-state index is 12.9. The van der Waals surface area contributed by atoms with Gasteiger partial charge in [0.05, 0.1) is 14.2 Å². The van der Waals surface area contributed by atoms with Gasteiger partial charge >= 0.3 is 0 Å². The highest BCUT2D eigenvalue weighted by Crippen LogP contribution is 2.36. The second kappa shape index (κ2) is 8.29. The van der Waals surface area contributed by atoms with Crippen molar-refractivity contribution < 1.29 is 22.6 Å². The minimum absolute atomic E-state index is 0.143. The molecule has 0 spiro atoms. The fraction of sp³-hybridized carbons (Fsp3) is 0.400. The van der Waals surface area contributed by atoms with E-state index in [2.05, 4.69) is 4.72 Å². The van der Waals surface area contributed by atoms with E-state index in [1.54, 1.807) is 31.4 Å². The van der Waals surface area contributed by atoms with Gasteiger partial charge in [-0.3, -0.25) is 0 Å².